The van der Waals surface area contributed by atoms with Gasteiger partial charge in [0, 0.05) is 24.3 Å². The number of anilines is 2. The number of nitrogens with zero attached hydrogens (tertiary/aromatic N) is 3. The van der Waals surface area contributed by atoms with Gasteiger partial charge in [-0.1, -0.05) is 23.7 Å². The van der Waals surface area contributed by atoms with E-state index in [1.165, 1.54) is 16.4 Å². The number of morpholine rings is 1. The number of nitrogens with one attached hydrogen (secondary N) is 1. The van der Waals surface area contributed by atoms with Crippen LogP contribution in [-0.4, -0.2) is 49.2 Å². The standard InChI is InChI=1S/C21H20ClFN4O3S/c1-14-2-3-15(12-20(14)31(28,29)27-8-10-30-11-9-27)19-6-7-21(26-25-19)24-16-4-5-18(23)17(22)13-16/h2-7,12-13H,8-11H2,1H3,(H,24,26). The zero-order chi connectivity index (χ0) is 22.0. The number of sulfonamides is 1. The van der Waals surface area contributed by atoms with Gasteiger partial charge < -0.3 is 10.1 Å². The summed E-state index contributed by atoms with van der Waals surface area (Å²) < 4.78 is 46.2. The van der Waals surface area contributed by atoms with Crippen LogP contribution in [0.25, 0.3) is 11.3 Å². The van der Waals surface area contributed by atoms with Crippen LogP contribution in [0, 0.1) is 12.7 Å². The Hall–Kier alpha value is -2.59. The second kappa shape index (κ2) is 8.88. The molecule has 2 heterocycles. The summed E-state index contributed by atoms with van der Waals surface area (Å²) >= 11 is 5.80. The Labute approximate surface area is 184 Å². The van der Waals surface area contributed by atoms with Gasteiger partial charge in [-0.2, -0.15) is 4.31 Å². The molecule has 1 aromatic heterocycles. The maximum Gasteiger partial charge on any atom is 0.243 e. The number of aromatic nitrogens is 2. The van der Waals surface area contributed by atoms with Crippen molar-refractivity contribution < 1.29 is 17.5 Å². The Bertz CT molecular complexity index is 1200. The lowest BCUT2D eigenvalue weighted by Gasteiger charge is -2.26. The first-order valence-corrected chi connectivity index (χ1v) is 11.4. The van der Waals surface area contributed by atoms with Crippen molar-refractivity contribution in [3.05, 3.63) is 64.9 Å². The van der Waals surface area contributed by atoms with Crippen LogP contribution in [0.15, 0.2) is 53.4 Å². The zero-order valence-corrected chi connectivity index (χ0v) is 18.3. The largest absolute Gasteiger partial charge is 0.379 e. The smallest absolute Gasteiger partial charge is 0.243 e. The van der Waals surface area contributed by atoms with Crippen LogP contribution in [0.1, 0.15) is 5.56 Å². The van der Waals surface area contributed by atoms with Crippen LogP contribution in [-0.2, 0) is 14.8 Å². The summed E-state index contributed by atoms with van der Waals surface area (Å²) in [4.78, 5) is 0.247. The summed E-state index contributed by atoms with van der Waals surface area (Å²) in [6, 6.07) is 12.9. The third-order valence-electron chi connectivity index (χ3n) is 4.93. The van der Waals surface area contributed by atoms with Gasteiger partial charge in [-0.05, 0) is 48.9 Å². The average Bonchev–Trinajstić information content (AvgIpc) is 2.78. The van der Waals surface area contributed by atoms with Crippen LogP contribution in [0.5, 0.6) is 0 Å². The number of hydrogen-bond acceptors (Lipinski definition) is 6. The van der Waals surface area contributed by atoms with Gasteiger partial charge in [0.2, 0.25) is 10.0 Å². The summed E-state index contributed by atoms with van der Waals surface area (Å²) in [5.74, 6) is -0.0597. The van der Waals surface area contributed by atoms with Crippen molar-refractivity contribution in [1.82, 2.24) is 14.5 Å². The van der Waals surface area contributed by atoms with E-state index in [2.05, 4.69) is 15.5 Å². The molecular formula is C21H20ClFN4O3S. The highest BCUT2D eigenvalue weighted by Crippen LogP contribution is 2.27. The Balaban J connectivity index is 1.58. The number of hydrogen-bond donors (Lipinski definition) is 1. The zero-order valence-electron chi connectivity index (χ0n) is 16.7. The van der Waals surface area contributed by atoms with Crippen molar-refractivity contribution in [2.24, 2.45) is 0 Å². The van der Waals surface area contributed by atoms with Gasteiger partial charge in [-0.15, -0.1) is 10.2 Å². The average molecular weight is 463 g/mol. The van der Waals surface area contributed by atoms with Crippen molar-refractivity contribution >= 4 is 33.1 Å². The van der Waals surface area contributed by atoms with Gasteiger partial charge in [0.05, 0.1) is 28.8 Å². The molecular weight excluding hydrogens is 443 g/mol. The number of rotatable bonds is 5. The highest BCUT2D eigenvalue weighted by Gasteiger charge is 2.28. The fourth-order valence-electron chi connectivity index (χ4n) is 3.24. The Morgan fingerprint density at radius 3 is 2.52 bits per heavy atom. The van der Waals surface area contributed by atoms with E-state index in [9.17, 15) is 12.8 Å². The molecule has 0 radical (unpaired) electrons. The van der Waals surface area contributed by atoms with E-state index in [1.807, 2.05) is 6.07 Å². The Morgan fingerprint density at radius 2 is 1.84 bits per heavy atom. The molecule has 0 bridgehead atoms. The fourth-order valence-corrected chi connectivity index (χ4v) is 5.08. The molecule has 4 rings (SSSR count). The number of aryl methyl sites for hydroxylation is 1. The van der Waals surface area contributed by atoms with Gasteiger partial charge >= 0.3 is 0 Å². The Morgan fingerprint density at radius 1 is 1.06 bits per heavy atom. The molecule has 31 heavy (non-hydrogen) atoms. The fraction of sp³-hybridized carbons (Fsp3) is 0.238. The minimum absolute atomic E-state index is 0.00300. The van der Waals surface area contributed by atoms with Crippen molar-refractivity contribution in [2.75, 3.05) is 31.6 Å². The molecule has 1 aliphatic rings. The molecule has 10 heteroatoms. The first-order chi connectivity index (χ1) is 14.8. The summed E-state index contributed by atoms with van der Waals surface area (Å²) in [6.45, 7) is 3.21. The van der Waals surface area contributed by atoms with Crippen LogP contribution in [0.2, 0.25) is 5.02 Å². The second-order valence-corrected chi connectivity index (χ2v) is 9.37. The molecule has 0 aliphatic carbocycles. The third kappa shape index (κ3) is 4.69. The van der Waals surface area contributed by atoms with Gasteiger partial charge in [0.25, 0.3) is 0 Å². The molecule has 0 unspecified atom stereocenters. The molecule has 1 fully saturated rings. The van der Waals surface area contributed by atoms with E-state index in [0.29, 0.717) is 54.6 Å². The molecule has 0 saturated carbocycles. The van der Waals surface area contributed by atoms with Crippen LogP contribution in [0.3, 0.4) is 0 Å². The maximum atomic E-state index is 13.3. The van der Waals surface area contributed by atoms with Crippen molar-refractivity contribution in [3.8, 4) is 11.3 Å². The van der Waals surface area contributed by atoms with Crippen molar-refractivity contribution in [3.63, 3.8) is 0 Å². The predicted molar refractivity (Wildman–Crippen MR) is 116 cm³/mol. The van der Waals surface area contributed by atoms with E-state index in [4.69, 9.17) is 16.3 Å². The number of ether oxygens (including phenoxy) is 1. The van der Waals surface area contributed by atoms with E-state index in [0.717, 1.165) is 0 Å². The normalized spacial score (nSPS) is 15.1. The van der Waals surface area contributed by atoms with Crippen LogP contribution < -0.4 is 5.32 Å². The molecule has 2 aromatic carbocycles. The summed E-state index contributed by atoms with van der Waals surface area (Å²) in [5, 5.41) is 11.3. The minimum atomic E-state index is -3.63. The van der Waals surface area contributed by atoms with Crippen LogP contribution >= 0.6 is 11.6 Å². The highest BCUT2D eigenvalue weighted by molar-refractivity contribution is 7.89. The maximum absolute atomic E-state index is 13.3. The third-order valence-corrected chi connectivity index (χ3v) is 7.26. The molecule has 162 valence electrons. The van der Waals surface area contributed by atoms with Crippen molar-refractivity contribution in [2.45, 2.75) is 11.8 Å². The Kier molecular flexibility index (Phi) is 6.19. The van der Waals surface area contributed by atoms with E-state index < -0.39 is 15.8 Å². The lowest BCUT2D eigenvalue weighted by molar-refractivity contribution is 0.0730. The molecule has 0 amide bonds. The highest BCUT2D eigenvalue weighted by atomic mass is 35.5. The SMILES string of the molecule is Cc1ccc(-c2ccc(Nc3ccc(F)c(Cl)c3)nn2)cc1S(=O)(=O)N1CCOCC1. The lowest BCUT2D eigenvalue weighted by Crippen LogP contribution is -2.40. The molecule has 0 atom stereocenters. The molecule has 1 N–H and O–H groups in total. The topological polar surface area (TPSA) is 84.4 Å². The van der Waals surface area contributed by atoms with Gasteiger partial charge in [0.1, 0.15) is 5.82 Å². The summed E-state index contributed by atoms with van der Waals surface area (Å²) in [7, 11) is -3.63. The second-order valence-electron chi connectivity index (χ2n) is 7.05. The molecule has 3 aromatic rings. The van der Waals surface area contributed by atoms with Gasteiger partial charge in [-0.3, -0.25) is 0 Å². The number of halogens is 2. The quantitative estimate of drug-likeness (QED) is 0.616. The van der Waals surface area contributed by atoms with E-state index in [-0.39, 0.29) is 9.92 Å². The molecule has 1 aliphatic heterocycles. The number of benzene rings is 2. The molecule has 7 nitrogen and oxygen atoms in total. The summed E-state index contributed by atoms with van der Waals surface area (Å²) in [5.41, 5.74) is 2.40. The van der Waals surface area contributed by atoms with E-state index >= 15 is 0 Å². The van der Waals surface area contributed by atoms with E-state index in [1.54, 1.807) is 37.3 Å². The first kappa shape index (κ1) is 21.6. The molecule has 1 saturated heterocycles. The van der Waals surface area contributed by atoms with Crippen molar-refractivity contribution in [1.29, 1.82) is 0 Å². The van der Waals surface area contributed by atoms with Crippen LogP contribution in [0.4, 0.5) is 15.9 Å². The van der Waals surface area contributed by atoms with Gasteiger partial charge in [0.15, 0.2) is 5.82 Å². The lowest BCUT2D eigenvalue weighted by atomic mass is 10.1. The monoisotopic (exact) mass is 462 g/mol. The summed E-state index contributed by atoms with van der Waals surface area (Å²) in [6.07, 6.45) is 0. The predicted octanol–water partition coefficient (Wildman–Crippen LogP) is 4.01. The minimum Gasteiger partial charge on any atom is -0.379 e. The van der Waals surface area contributed by atoms with Gasteiger partial charge in [-0.25, -0.2) is 12.8 Å². The molecule has 0 spiro atoms. The first-order valence-electron chi connectivity index (χ1n) is 9.59.